The number of rotatable bonds is 4. The van der Waals surface area contributed by atoms with Crippen molar-refractivity contribution in [2.75, 3.05) is 27.9 Å². The molecule has 0 saturated carbocycles. The van der Waals surface area contributed by atoms with Gasteiger partial charge in [0.05, 0.1) is 34.0 Å². The van der Waals surface area contributed by atoms with Crippen LogP contribution in [0, 0.1) is 0 Å². The van der Waals surface area contributed by atoms with E-state index >= 15 is 0 Å². The van der Waals surface area contributed by atoms with Crippen LogP contribution in [0.1, 0.15) is 24.5 Å². The fourth-order valence-electron chi connectivity index (χ4n) is 2.19. The van der Waals surface area contributed by atoms with Gasteiger partial charge in [-0.3, -0.25) is 4.79 Å². The minimum absolute atomic E-state index is 0.202. The molecule has 1 fully saturated rings. The Kier molecular flexibility index (Phi) is 4.27. The van der Waals surface area contributed by atoms with E-state index in [4.69, 9.17) is 18.9 Å². The molecular weight excluding hydrogens is 248 g/mol. The third kappa shape index (κ3) is 2.81. The lowest BCUT2D eigenvalue weighted by Crippen LogP contribution is -2.20. The third-order valence-corrected chi connectivity index (χ3v) is 3.20. The first-order chi connectivity index (χ1) is 9.19. The van der Waals surface area contributed by atoms with Gasteiger partial charge in [0.25, 0.3) is 0 Å². The standard InChI is InChI=1S/C14H18O5/c1-16-11-8-14(18-3)13(17-2)7-10(11)12-6-9(15)4-5-19-12/h7-8,12H,4-6H2,1-3H3. The molecule has 1 aliphatic rings. The molecule has 0 radical (unpaired) electrons. The molecule has 0 spiro atoms. The van der Waals surface area contributed by atoms with Gasteiger partial charge in [0.1, 0.15) is 11.5 Å². The molecule has 1 aromatic carbocycles. The van der Waals surface area contributed by atoms with Crippen molar-refractivity contribution < 1.29 is 23.7 Å². The van der Waals surface area contributed by atoms with Crippen LogP contribution in [0.3, 0.4) is 0 Å². The second kappa shape index (κ2) is 5.93. The Morgan fingerprint density at radius 2 is 1.68 bits per heavy atom. The van der Waals surface area contributed by atoms with Crippen LogP contribution in [-0.4, -0.2) is 33.7 Å². The summed E-state index contributed by atoms with van der Waals surface area (Å²) in [7, 11) is 4.72. The van der Waals surface area contributed by atoms with E-state index in [1.54, 1.807) is 33.5 Å². The molecule has 2 rings (SSSR count). The SMILES string of the molecule is COc1cc(OC)c(C2CC(=O)CCO2)cc1OC. The predicted octanol–water partition coefficient (Wildman–Crippen LogP) is 2.13. The highest BCUT2D eigenvalue weighted by atomic mass is 16.5. The Morgan fingerprint density at radius 1 is 1.05 bits per heavy atom. The van der Waals surface area contributed by atoms with Crippen LogP contribution in [0.4, 0.5) is 0 Å². The van der Waals surface area contributed by atoms with Crippen LogP contribution in [0.25, 0.3) is 0 Å². The van der Waals surface area contributed by atoms with Crippen molar-refractivity contribution >= 4 is 5.78 Å². The molecule has 104 valence electrons. The Morgan fingerprint density at radius 3 is 2.26 bits per heavy atom. The average Bonchev–Trinajstić information content (AvgIpc) is 2.45. The molecule has 0 aliphatic carbocycles. The minimum Gasteiger partial charge on any atom is -0.496 e. The first-order valence-corrected chi connectivity index (χ1v) is 6.12. The van der Waals surface area contributed by atoms with Gasteiger partial charge >= 0.3 is 0 Å². The highest BCUT2D eigenvalue weighted by molar-refractivity contribution is 5.80. The largest absolute Gasteiger partial charge is 0.496 e. The van der Waals surface area contributed by atoms with Crippen molar-refractivity contribution in [2.45, 2.75) is 18.9 Å². The maximum atomic E-state index is 11.5. The number of ether oxygens (including phenoxy) is 4. The normalized spacial score (nSPS) is 19.1. The van der Waals surface area contributed by atoms with Crippen molar-refractivity contribution in [3.05, 3.63) is 17.7 Å². The molecule has 1 aromatic rings. The molecule has 5 heteroatoms. The van der Waals surface area contributed by atoms with Gasteiger partial charge in [0, 0.05) is 24.5 Å². The maximum absolute atomic E-state index is 11.5. The molecule has 1 aliphatic heterocycles. The zero-order chi connectivity index (χ0) is 13.8. The summed E-state index contributed by atoms with van der Waals surface area (Å²) in [4.78, 5) is 11.5. The van der Waals surface area contributed by atoms with Gasteiger partial charge in [-0.2, -0.15) is 0 Å². The zero-order valence-electron chi connectivity index (χ0n) is 11.4. The molecule has 1 heterocycles. The first-order valence-electron chi connectivity index (χ1n) is 6.12. The number of carbonyl (C=O) groups is 1. The summed E-state index contributed by atoms with van der Waals surface area (Å²) in [5, 5.41) is 0. The molecule has 0 N–H and O–H groups in total. The van der Waals surface area contributed by atoms with E-state index in [0.29, 0.717) is 36.7 Å². The van der Waals surface area contributed by atoms with E-state index in [1.165, 1.54) is 0 Å². The van der Waals surface area contributed by atoms with Gasteiger partial charge in [-0.15, -0.1) is 0 Å². The number of Topliss-reactive ketones (excluding diaryl/α,β-unsaturated/α-hetero) is 1. The molecule has 1 saturated heterocycles. The summed E-state index contributed by atoms with van der Waals surface area (Å²) >= 11 is 0. The second-order valence-electron chi connectivity index (χ2n) is 4.30. The van der Waals surface area contributed by atoms with Crippen LogP contribution in [0.15, 0.2) is 12.1 Å². The van der Waals surface area contributed by atoms with E-state index in [9.17, 15) is 4.79 Å². The summed E-state index contributed by atoms with van der Waals surface area (Å²) in [6.45, 7) is 0.445. The lowest BCUT2D eigenvalue weighted by atomic mass is 9.99. The molecule has 0 bridgehead atoms. The number of ketones is 1. The average molecular weight is 266 g/mol. The van der Waals surface area contributed by atoms with Crippen LogP contribution in [0.5, 0.6) is 17.2 Å². The molecule has 5 nitrogen and oxygen atoms in total. The van der Waals surface area contributed by atoms with Crippen molar-refractivity contribution in [1.82, 2.24) is 0 Å². The third-order valence-electron chi connectivity index (χ3n) is 3.20. The number of benzene rings is 1. The molecular formula is C14H18O5. The molecule has 1 unspecified atom stereocenters. The lowest BCUT2D eigenvalue weighted by Gasteiger charge is -2.24. The molecule has 19 heavy (non-hydrogen) atoms. The minimum atomic E-state index is -0.281. The van der Waals surface area contributed by atoms with Gasteiger partial charge in [-0.05, 0) is 6.07 Å². The van der Waals surface area contributed by atoms with Gasteiger partial charge < -0.3 is 18.9 Å². The summed E-state index contributed by atoms with van der Waals surface area (Å²) in [5.74, 6) is 2.02. The summed E-state index contributed by atoms with van der Waals surface area (Å²) in [5.41, 5.74) is 0.813. The van der Waals surface area contributed by atoms with Gasteiger partial charge in [-0.1, -0.05) is 0 Å². The molecule has 1 atom stereocenters. The highest BCUT2D eigenvalue weighted by Crippen LogP contribution is 2.40. The number of methoxy groups -OCH3 is 3. The summed E-state index contributed by atoms with van der Waals surface area (Å²) < 4.78 is 21.5. The van der Waals surface area contributed by atoms with E-state index < -0.39 is 0 Å². The Bertz CT molecular complexity index is 469. The van der Waals surface area contributed by atoms with E-state index in [2.05, 4.69) is 0 Å². The smallest absolute Gasteiger partial charge is 0.164 e. The molecule has 0 amide bonds. The van der Waals surface area contributed by atoms with Crippen LogP contribution >= 0.6 is 0 Å². The summed E-state index contributed by atoms with van der Waals surface area (Å²) in [6.07, 6.45) is 0.564. The Labute approximate surface area is 112 Å². The first kappa shape index (κ1) is 13.7. The quantitative estimate of drug-likeness (QED) is 0.835. The van der Waals surface area contributed by atoms with Crippen molar-refractivity contribution in [3.8, 4) is 17.2 Å². The molecule has 0 aromatic heterocycles. The van der Waals surface area contributed by atoms with Crippen molar-refractivity contribution in [1.29, 1.82) is 0 Å². The number of carbonyl (C=O) groups excluding carboxylic acids is 1. The van der Waals surface area contributed by atoms with Gasteiger partial charge in [-0.25, -0.2) is 0 Å². The van der Waals surface area contributed by atoms with Crippen LogP contribution in [-0.2, 0) is 9.53 Å². The van der Waals surface area contributed by atoms with Crippen molar-refractivity contribution in [2.24, 2.45) is 0 Å². The summed E-state index contributed by atoms with van der Waals surface area (Å²) in [6, 6.07) is 3.55. The van der Waals surface area contributed by atoms with Crippen LogP contribution in [0.2, 0.25) is 0 Å². The van der Waals surface area contributed by atoms with Gasteiger partial charge in [0.2, 0.25) is 0 Å². The van der Waals surface area contributed by atoms with Crippen molar-refractivity contribution in [3.63, 3.8) is 0 Å². The topological polar surface area (TPSA) is 54.0 Å². The number of hydrogen-bond acceptors (Lipinski definition) is 5. The van der Waals surface area contributed by atoms with Crippen LogP contribution < -0.4 is 14.2 Å². The maximum Gasteiger partial charge on any atom is 0.164 e. The van der Waals surface area contributed by atoms with E-state index in [-0.39, 0.29) is 11.9 Å². The number of hydrogen-bond donors (Lipinski definition) is 0. The Hall–Kier alpha value is -1.75. The second-order valence-corrected chi connectivity index (χ2v) is 4.30. The fraction of sp³-hybridized carbons (Fsp3) is 0.500. The zero-order valence-corrected chi connectivity index (χ0v) is 11.4. The fourth-order valence-corrected chi connectivity index (χ4v) is 2.19. The van der Waals surface area contributed by atoms with E-state index in [0.717, 1.165) is 5.56 Å². The monoisotopic (exact) mass is 266 g/mol. The predicted molar refractivity (Wildman–Crippen MR) is 69.0 cm³/mol. The highest BCUT2D eigenvalue weighted by Gasteiger charge is 2.26. The Balaban J connectivity index is 2.39. The lowest BCUT2D eigenvalue weighted by molar-refractivity contribution is -0.128. The van der Waals surface area contributed by atoms with Gasteiger partial charge in [0.15, 0.2) is 11.5 Å². The van der Waals surface area contributed by atoms with E-state index in [1.807, 2.05) is 0 Å².